The Morgan fingerprint density at radius 3 is 3.00 bits per heavy atom. The highest BCUT2D eigenvalue weighted by Crippen LogP contribution is 2.38. The molecule has 0 aromatic carbocycles. The molecule has 10 heavy (non-hydrogen) atoms. The SMILES string of the molecule is Cc1[c]ccc(C2CC2)n1. The van der Waals surface area contributed by atoms with Crippen molar-refractivity contribution in [3.05, 3.63) is 29.6 Å². The van der Waals surface area contributed by atoms with E-state index in [9.17, 15) is 0 Å². The first kappa shape index (κ1) is 5.90. The van der Waals surface area contributed by atoms with Crippen LogP contribution in [0.3, 0.4) is 0 Å². The van der Waals surface area contributed by atoms with Gasteiger partial charge in [-0.05, 0) is 25.8 Å². The second kappa shape index (κ2) is 2.08. The summed E-state index contributed by atoms with van der Waals surface area (Å²) < 4.78 is 0. The molecule has 0 amide bonds. The van der Waals surface area contributed by atoms with E-state index >= 15 is 0 Å². The number of aryl methyl sites for hydroxylation is 1. The summed E-state index contributed by atoms with van der Waals surface area (Å²) in [4.78, 5) is 4.38. The minimum absolute atomic E-state index is 0.772. The second-order valence-electron chi connectivity index (χ2n) is 2.87. The van der Waals surface area contributed by atoms with Crippen LogP contribution in [-0.4, -0.2) is 4.98 Å². The average Bonchev–Trinajstić information content (AvgIpc) is 2.68. The Labute approximate surface area is 61.1 Å². The quantitative estimate of drug-likeness (QED) is 0.570. The summed E-state index contributed by atoms with van der Waals surface area (Å²) in [7, 11) is 0. The van der Waals surface area contributed by atoms with Crippen LogP contribution in [-0.2, 0) is 0 Å². The Morgan fingerprint density at radius 1 is 1.60 bits per heavy atom. The fourth-order valence-electron chi connectivity index (χ4n) is 1.12. The smallest absolute Gasteiger partial charge is 0.0455 e. The van der Waals surface area contributed by atoms with Gasteiger partial charge in [0, 0.05) is 23.4 Å². The first-order chi connectivity index (χ1) is 4.86. The van der Waals surface area contributed by atoms with Gasteiger partial charge in [0.05, 0.1) is 0 Å². The standard InChI is InChI=1S/C9H10N/c1-7-3-2-4-9(10-7)8-5-6-8/h2,4,8H,5-6H2,1H3. The molecule has 1 heteroatoms. The van der Waals surface area contributed by atoms with Crippen molar-refractivity contribution in [3.8, 4) is 0 Å². The summed E-state index contributed by atoms with van der Waals surface area (Å²) in [6.45, 7) is 1.99. The summed E-state index contributed by atoms with van der Waals surface area (Å²) >= 11 is 0. The van der Waals surface area contributed by atoms with E-state index in [2.05, 4.69) is 17.1 Å². The average molecular weight is 132 g/mol. The molecule has 0 spiro atoms. The van der Waals surface area contributed by atoms with Crippen molar-refractivity contribution in [2.75, 3.05) is 0 Å². The lowest BCUT2D eigenvalue weighted by Gasteiger charge is -1.95. The second-order valence-corrected chi connectivity index (χ2v) is 2.87. The normalized spacial score (nSPS) is 17.3. The highest BCUT2D eigenvalue weighted by Gasteiger charge is 2.24. The lowest BCUT2D eigenvalue weighted by atomic mass is 10.2. The van der Waals surface area contributed by atoms with Gasteiger partial charge in [-0.3, -0.25) is 4.98 Å². The molecule has 0 atom stereocenters. The summed E-state index contributed by atoms with van der Waals surface area (Å²) in [6, 6.07) is 7.09. The predicted molar refractivity (Wildman–Crippen MR) is 39.8 cm³/mol. The molecular weight excluding hydrogens is 122 g/mol. The Morgan fingerprint density at radius 2 is 2.40 bits per heavy atom. The maximum absolute atomic E-state index is 4.38. The van der Waals surface area contributed by atoms with E-state index in [-0.39, 0.29) is 0 Å². The van der Waals surface area contributed by atoms with E-state index < -0.39 is 0 Å². The van der Waals surface area contributed by atoms with Gasteiger partial charge < -0.3 is 0 Å². The van der Waals surface area contributed by atoms with Crippen molar-refractivity contribution in [2.45, 2.75) is 25.7 Å². The van der Waals surface area contributed by atoms with Crippen LogP contribution in [0.1, 0.15) is 30.1 Å². The van der Waals surface area contributed by atoms with Crippen molar-refractivity contribution in [3.63, 3.8) is 0 Å². The van der Waals surface area contributed by atoms with E-state index in [4.69, 9.17) is 0 Å². The molecule has 1 nitrogen and oxygen atoms in total. The van der Waals surface area contributed by atoms with Crippen LogP contribution in [0.2, 0.25) is 0 Å². The first-order valence-electron chi connectivity index (χ1n) is 3.71. The van der Waals surface area contributed by atoms with Crippen LogP contribution in [0, 0.1) is 13.0 Å². The highest BCUT2D eigenvalue weighted by molar-refractivity contribution is 5.16. The predicted octanol–water partition coefficient (Wildman–Crippen LogP) is 2.07. The lowest BCUT2D eigenvalue weighted by Crippen LogP contribution is -1.87. The third kappa shape index (κ3) is 1.04. The van der Waals surface area contributed by atoms with Gasteiger partial charge in [-0.15, -0.1) is 0 Å². The van der Waals surface area contributed by atoms with Crippen LogP contribution in [0.15, 0.2) is 12.1 Å². The molecule has 0 saturated heterocycles. The van der Waals surface area contributed by atoms with Crippen LogP contribution in [0.25, 0.3) is 0 Å². The maximum atomic E-state index is 4.38. The maximum Gasteiger partial charge on any atom is 0.0455 e. The fourth-order valence-corrected chi connectivity index (χ4v) is 1.12. The molecule has 0 N–H and O–H groups in total. The molecule has 1 aromatic rings. The molecule has 1 saturated carbocycles. The minimum Gasteiger partial charge on any atom is -0.257 e. The fraction of sp³-hybridized carbons (Fsp3) is 0.444. The molecule has 2 rings (SSSR count). The summed E-state index contributed by atoms with van der Waals surface area (Å²) in [5.74, 6) is 0.772. The molecule has 51 valence electrons. The Bertz CT molecular complexity index is 238. The van der Waals surface area contributed by atoms with Gasteiger partial charge in [-0.2, -0.15) is 0 Å². The number of rotatable bonds is 1. The van der Waals surface area contributed by atoms with Gasteiger partial charge in [-0.25, -0.2) is 0 Å². The molecule has 1 fully saturated rings. The van der Waals surface area contributed by atoms with E-state index in [0.29, 0.717) is 0 Å². The van der Waals surface area contributed by atoms with Crippen molar-refractivity contribution < 1.29 is 0 Å². The van der Waals surface area contributed by atoms with Gasteiger partial charge in [0.2, 0.25) is 0 Å². The Kier molecular flexibility index (Phi) is 1.23. The number of hydrogen-bond donors (Lipinski definition) is 0. The van der Waals surface area contributed by atoms with Crippen molar-refractivity contribution >= 4 is 0 Å². The molecule has 1 aliphatic carbocycles. The van der Waals surface area contributed by atoms with Crippen LogP contribution >= 0.6 is 0 Å². The molecule has 1 heterocycles. The third-order valence-corrected chi connectivity index (χ3v) is 1.84. The largest absolute Gasteiger partial charge is 0.257 e. The van der Waals surface area contributed by atoms with Gasteiger partial charge in [0.1, 0.15) is 0 Å². The van der Waals surface area contributed by atoms with E-state index in [0.717, 1.165) is 11.6 Å². The molecule has 0 aliphatic heterocycles. The van der Waals surface area contributed by atoms with E-state index in [1.54, 1.807) is 0 Å². The molecule has 1 radical (unpaired) electrons. The van der Waals surface area contributed by atoms with E-state index in [1.165, 1.54) is 18.5 Å². The topological polar surface area (TPSA) is 12.9 Å². The van der Waals surface area contributed by atoms with Crippen LogP contribution in [0.5, 0.6) is 0 Å². The van der Waals surface area contributed by atoms with E-state index in [1.807, 2.05) is 13.0 Å². The molecule has 1 aromatic heterocycles. The number of pyridine rings is 1. The zero-order chi connectivity index (χ0) is 6.97. The number of hydrogen-bond acceptors (Lipinski definition) is 1. The summed E-state index contributed by atoms with van der Waals surface area (Å²) in [6.07, 6.45) is 2.66. The minimum atomic E-state index is 0.772. The Hall–Kier alpha value is -0.850. The summed E-state index contributed by atoms with van der Waals surface area (Å²) in [5.41, 5.74) is 2.28. The number of nitrogens with zero attached hydrogens (tertiary/aromatic N) is 1. The van der Waals surface area contributed by atoms with Crippen molar-refractivity contribution in [1.29, 1.82) is 0 Å². The summed E-state index contributed by atoms with van der Waals surface area (Å²) in [5, 5.41) is 0. The molecule has 1 aliphatic rings. The van der Waals surface area contributed by atoms with Crippen molar-refractivity contribution in [2.24, 2.45) is 0 Å². The Balaban J connectivity index is 2.32. The number of aromatic nitrogens is 1. The molecule has 0 bridgehead atoms. The third-order valence-electron chi connectivity index (χ3n) is 1.84. The van der Waals surface area contributed by atoms with Crippen LogP contribution < -0.4 is 0 Å². The lowest BCUT2D eigenvalue weighted by molar-refractivity contribution is 0.993. The highest BCUT2D eigenvalue weighted by atomic mass is 14.7. The zero-order valence-corrected chi connectivity index (χ0v) is 6.09. The monoisotopic (exact) mass is 132 g/mol. The van der Waals surface area contributed by atoms with Crippen molar-refractivity contribution in [1.82, 2.24) is 4.98 Å². The molecule has 0 unspecified atom stereocenters. The van der Waals surface area contributed by atoms with Crippen LogP contribution in [0.4, 0.5) is 0 Å². The first-order valence-corrected chi connectivity index (χ1v) is 3.71. The molecular formula is C9H10N. The zero-order valence-electron chi connectivity index (χ0n) is 6.09. The van der Waals surface area contributed by atoms with Gasteiger partial charge in [0.25, 0.3) is 0 Å². The van der Waals surface area contributed by atoms with Gasteiger partial charge >= 0.3 is 0 Å². The van der Waals surface area contributed by atoms with Gasteiger partial charge in [0.15, 0.2) is 0 Å². The van der Waals surface area contributed by atoms with Gasteiger partial charge in [-0.1, -0.05) is 6.07 Å².